The van der Waals surface area contributed by atoms with E-state index in [1.807, 2.05) is 37.3 Å². The van der Waals surface area contributed by atoms with Crippen LogP contribution in [0.5, 0.6) is 0 Å². The maximum absolute atomic E-state index is 12.5. The van der Waals surface area contributed by atoms with E-state index in [-0.39, 0.29) is 0 Å². The zero-order valence-corrected chi connectivity index (χ0v) is 11.8. The molecule has 2 aromatic rings. The highest BCUT2D eigenvalue weighted by atomic mass is 19.4. The lowest BCUT2D eigenvalue weighted by atomic mass is 9.87. The van der Waals surface area contributed by atoms with Crippen LogP contribution in [0, 0.1) is 0 Å². The van der Waals surface area contributed by atoms with E-state index >= 15 is 0 Å². The van der Waals surface area contributed by atoms with Crippen molar-refractivity contribution in [3.05, 3.63) is 71.3 Å². The van der Waals surface area contributed by atoms with E-state index in [1.165, 1.54) is 12.1 Å². The molecule has 0 amide bonds. The smallest absolute Gasteiger partial charge is 0.325 e. The first-order valence-electron chi connectivity index (χ1n) is 6.75. The highest BCUT2D eigenvalue weighted by Gasteiger charge is 2.30. The largest absolute Gasteiger partial charge is 0.416 e. The van der Waals surface area contributed by atoms with Gasteiger partial charge in [-0.05, 0) is 43.0 Å². The van der Waals surface area contributed by atoms with Crippen LogP contribution in [-0.2, 0) is 19.0 Å². The third-order valence-electron chi connectivity index (χ3n) is 3.34. The third kappa shape index (κ3) is 4.60. The molecule has 21 heavy (non-hydrogen) atoms. The van der Waals surface area contributed by atoms with E-state index in [4.69, 9.17) is 5.73 Å². The molecule has 0 aliphatic heterocycles. The van der Waals surface area contributed by atoms with Crippen molar-refractivity contribution in [2.24, 2.45) is 5.73 Å². The van der Waals surface area contributed by atoms with Gasteiger partial charge in [-0.3, -0.25) is 0 Å². The van der Waals surface area contributed by atoms with Crippen molar-refractivity contribution >= 4 is 0 Å². The molecule has 0 aliphatic carbocycles. The third-order valence-corrected chi connectivity index (χ3v) is 3.34. The fourth-order valence-corrected chi connectivity index (χ4v) is 2.40. The summed E-state index contributed by atoms with van der Waals surface area (Å²) in [6, 6.07) is 15.0. The summed E-state index contributed by atoms with van der Waals surface area (Å²) in [6.07, 6.45) is -3.09. The molecule has 0 aromatic heterocycles. The van der Waals surface area contributed by atoms with Gasteiger partial charge in [0.1, 0.15) is 0 Å². The van der Waals surface area contributed by atoms with Gasteiger partial charge in [-0.2, -0.15) is 13.2 Å². The number of hydrogen-bond donors (Lipinski definition) is 1. The van der Waals surface area contributed by atoms with Gasteiger partial charge in [0.05, 0.1) is 5.56 Å². The molecule has 0 saturated heterocycles. The molecule has 2 N–H and O–H groups in total. The van der Waals surface area contributed by atoms with Gasteiger partial charge in [-0.15, -0.1) is 0 Å². The topological polar surface area (TPSA) is 26.0 Å². The normalized spacial score (nSPS) is 14.7. The Morgan fingerprint density at radius 1 is 0.810 bits per heavy atom. The van der Waals surface area contributed by atoms with Crippen molar-refractivity contribution < 1.29 is 13.2 Å². The van der Waals surface area contributed by atoms with Crippen LogP contribution in [0.2, 0.25) is 0 Å². The molecule has 0 radical (unpaired) electrons. The second-order valence-electron chi connectivity index (χ2n) is 5.69. The quantitative estimate of drug-likeness (QED) is 0.898. The van der Waals surface area contributed by atoms with Crippen molar-refractivity contribution in [1.82, 2.24) is 0 Å². The molecular formula is C17H18F3N. The minimum atomic E-state index is -4.30. The van der Waals surface area contributed by atoms with Gasteiger partial charge in [0.25, 0.3) is 0 Å². The second-order valence-corrected chi connectivity index (χ2v) is 5.69. The molecule has 1 atom stereocenters. The van der Waals surface area contributed by atoms with Gasteiger partial charge < -0.3 is 5.73 Å². The van der Waals surface area contributed by atoms with E-state index < -0.39 is 17.3 Å². The number of halogens is 3. The first-order valence-corrected chi connectivity index (χ1v) is 6.75. The Morgan fingerprint density at radius 3 is 1.76 bits per heavy atom. The van der Waals surface area contributed by atoms with Crippen LogP contribution in [0.1, 0.15) is 23.6 Å². The van der Waals surface area contributed by atoms with Crippen molar-refractivity contribution in [1.29, 1.82) is 0 Å². The summed E-state index contributed by atoms with van der Waals surface area (Å²) in [7, 11) is 0. The molecule has 1 nitrogen and oxygen atoms in total. The first kappa shape index (κ1) is 15.6. The summed E-state index contributed by atoms with van der Waals surface area (Å²) in [5.74, 6) is 0. The zero-order valence-electron chi connectivity index (χ0n) is 11.8. The molecule has 0 bridgehead atoms. The molecule has 0 saturated carbocycles. The standard InChI is InChI=1S/C17H18F3N/c1-16(21,11-13-5-3-2-4-6-13)12-14-7-9-15(10-8-14)17(18,19)20/h2-10H,11-12,21H2,1H3. The Morgan fingerprint density at radius 2 is 1.29 bits per heavy atom. The van der Waals surface area contributed by atoms with E-state index in [0.29, 0.717) is 12.8 Å². The van der Waals surface area contributed by atoms with Gasteiger partial charge in [0.15, 0.2) is 0 Å². The number of rotatable bonds is 4. The van der Waals surface area contributed by atoms with Crippen LogP contribution in [0.15, 0.2) is 54.6 Å². The summed E-state index contributed by atoms with van der Waals surface area (Å²) in [5.41, 5.74) is 7.08. The number of nitrogens with two attached hydrogens (primary N) is 1. The molecular weight excluding hydrogens is 275 g/mol. The second kappa shape index (κ2) is 5.90. The predicted molar refractivity (Wildman–Crippen MR) is 77.9 cm³/mol. The predicted octanol–water partition coefficient (Wildman–Crippen LogP) is 4.21. The Balaban J connectivity index is 2.06. The van der Waals surface area contributed by atoms with Crippen LogP contribution in [-0.4, -0.2) is 5.54 Å². The minimum absolute atomic E-state index is 0.499. The Hall–Kier alpha value is -1.81. The van der Waals surface area contributed by atoms with Gasteiger partial charge in [0, 0.05) is 5.54 Å². The molecule has 2 aromatic carbocycles. The van der Waals surface area contributed by atoms with Crippen molar-refractivity contribution in [3.8, 4) is 0 Å². The maximum atomic E-state index is 12.5. The number of benzene rings is 2. The average molecular weight is 293 g/mol. The first-order chi connectivity index (χ1) is 9.76. The minimum Gasteiger partial charge on any atom is -0.325 e. The van der Waals surface area contributed by atoms with E-state index in [1.54, 1.807) is 0 Å². The van der Waals surface area contributed by atoms with Gasteiger partial charge in [-0.25, -0.2) is 0 Å². The van der Waals surface area contributed by atoms with Crippen LogP contribution in [0.25, 0.3) is 0 Å². The summed E-state index contributed by atoms with van der Waals surface area (Å²) < 4.78 is 37.6. The molecule has 0 spiro atoms. The summed E-state index contributed by atoms with van der Waals surface area (Å²) in [6.45, 7) is 1.91. The maximum Gasteiger partial charge on any atom is 0.416 e. The van der Waals surface area contributed by atoms with E-state index in [9.17, 15) is 13.2 Å². The van der Waals surface area contributed by atoms with Gasteiger partial charge >= 0.3 is 6.18 Å². The molecule has 112 valence electrons. The van der Waals surface area contributed by atoms with Crippen LogP contribution < -0.4 is 5.73 Å². The van der Waals surface area contributed by atoms with Gasteiger partial charge in [0.2, 0.25) is 0 Å². The lowest BCUT2D eigenvalue weighted by Gasteiger charge is -2.25. The van der Waals surface area contributed by atoms with Crippen LogP contribution in [0.3, 0.4) is 0 Å². The molecule has 2 rings (SSSR count). The van der Waals surface area contributed by atoms with E-state index in [0.717, 1.165) is 23.3 Å². The highest BCUT2D eigenvalue weighted by molar-refractivity contribution is 5.27. The molecule has 0 heterocycles. The molecule has 1 unspecified atom stereocenters. The Labute approximate surface area is 122 Å². The highest BCUT2D eigenvalue weighted by Crippen LogP contribution is 2.29. The fourth-order valence-electron chi connectivity index (χ4n) is 2.40. The zero-order chi connectivity index (χ0) is 15.5. The number of hydrogen-bond acceptors (Lipinski definition) is 1. The Bertz CT molecular complexity index is 571. The lowest BCUT2D eigenvalue weighted by molar-refractivity contribution is -0.137. The molecule has 4 heteroatoms. The number of alkyl halides is 3. The van der Waals surface area contributed by atoms with E-state index in [2.05, 4.69) is 0 Å². The Kier molecular flexibility index (Phi) is 4.37. The summed E-state index contributed by atoms with van der Waals surface area (Å²) >= 11 is 0. The summed E-state index contributed by atoms with van der Waals surface area (Å²) in [5, 5.41) is 0. The van der Waals surface area contributed by atoms with Crippen molar-refractivity contribution in [3.63, 3.8) is 0 Å². The average Bonchev–Trinajstić information content (AvgIpc) is 2.38. The van der Waals surface area contributed by atoms with Crippen LogP contribution in [0.4, 0.5) is 13.2 Å². The fraction of sp³-hybridized carbons (Fsp3) is 0.294. The van der Waals surface area contributed by atoms with Crippen LogP contribution >= 0.6 is 0 Å². The van der Waals surface area contributed by atoms with Crippen molar-refractivity contribution in [2.75, 3.05) is 0 Å². The van der Waals surface area contributed by atoms with Gasteiger partial charge in [-0.1, -0.05) is 42.5 Å². The SMILES string of the molecule is CC(N)(Cc1ccccc1)Cc1ccc(C(F)(F)F)cc1. The lowest BCUT2D eigenvalue weighted by Crippen LogP contribution is -2.40. The molecule has 0 fully saturated rings. The summed E-state index contributed by atoms with van der Waals surface area (Å²) in [4.78, 5) is 0. The monoisotopic (exact) mass is 293 g/mol. The van der Waals surface area contributed by atoms with Crippen molar-refractivity contribution in [2.45, 2.75) is 31.5 Å². The molecule has 0 aliphatic rings.